The molecule has 0 aliphatic heterocycles. The summed E-state index contributed by atoms with van der Waals surface area (Å²) in [6.07, 6.45) is 7.04. The highest BCUT2D eigenvalue weighted by Crippen LogP contribution is 2.27. The van der Waals surface area contributed by atoms with Gasteiger partial charge in [0, 0.05) is 37.6 Å². The number of hydrogen-bond donors (Lipinski definition) is 2. The monoisotopic (exact) mass is 413 g/mol. The minimum Gasteiger partial charge on any atom is -0.356 e. The molecule has 0 bridgehead atoms. The van der Waals surface area contributed by atoms with Crippen molar-refractivity contribution in [3.63, 3.8) is 0 Å². The van der Waals surface area contributed by atoms with Crippen molar-refractivity contribution in [1.82, 2.24) is 20.2 Å². The van der Waals surface area contributed by atoms with Gasteiger partial charge in [-0.2, -0.15) is 0 Å². The molecule has 0 saturated heterocycles. The van der Waals surface area contributed by atoms with Crippen LogP contribution >= 0.6 is 34.5 Å². The molecule has 3 rings (SSSR count). The number of aromatic nitrogens is 2. The van der Waals surface area contributed by atoms with E-state index in [9.17, 15) is 0 Å². The van der Waals surface area contributed by atoms with Crippen molar-refractivity contribution in [3.8, 4) is 0 Å². The predicted octanol–water partition coefficient (Wildman–Crippen LogP) is 3.97. The van der Waals surface area contributed by atoms with Crippen LogP contribution in [-0.2, 0) is 32.9 Å². The molecule has 2 aromatic heterocycles. The Kier molecular flexibility index (Phi) is 6.84. The van der Waals surface area contributed by atoms with Crippen LogP contribution in [0.15, 0.2) is 11.1 Å². The van der Waals surface area contributed by atoms with Crippen molar-refractivity contribution in [2.75, 3.05) is 13.6 Å². The second-order valence-corrected chi connectivity index (χ2v) is 8.41. The van der Waals surface area contributed by atoms with Gasteiger partial charge in [0.1, 0.15) is 5.15 Å². The van der Waals surface area contributed by atoms with E-state index < -0.39 is 0 Å². The van der Waals surface area contributed by atoms with Gasteiger partial charge in [-0.1, -0.05) is 23.2 Å². The molecule has 142 valence electrons. The Balaban J connectivity index is 1.41. The summed E-state index contributed by atoms with van der Waals surface area (Å²) in [5.41, 5.74) is 2.36. The van der Waals surface area contributed by atoms with Crippen LogP contribution in [0.3, 0.4) is 0 Å². The summed E-state index contributed by atoms with van der Waals surface area (Å²) < 4.78 is 1.87. The second kappa shape index (κ2) is 9.11. The maximum atomic E-state index is 6.10. The molecule has 0 spiro atoms. The van der Waals surface area contributed by atoms with Crippen molar-refractivity contribution in [3.05, 3.63) is 37.5 Å². The molecular formula is C18H25Cl2N5S. The Morgan fingerprint density at radius 3 is 2.81 bits per heavy atom. The van der Waals surface area contributed by atoms with Crippen LogP contribution in [0.1, 0.15) is 40.5 Å². The van der Waals surface area contributed by atoms with Crippen LogP contribution in [0, 0.1) is 0 Å². The summed E-state index contributed by atoms with van der Waals surface area (Å²) in [6.45, 7) is 1.47. The number of nitrogens with one attached hydrogen (secondary N) is 2. The molecule has 0 saturated carbocycles. The number of rotatable bonds is 6. The predicted molar refractivity (Wildman–Crippen MR) is 111 cm³/mol. The summed E-state index contributed by atoms with van der Waals surface area (Å²) in [4.78, 5) is 10.6. The molecule has 0 atom stereocenters. The Morgan fingerprint density at radius 1 is 1.31 bits per heavy atom. The number of nitrogens with zero attached hydrogens (tertiary/aromatic N) is 3. The fourth-order valence-electron chi connectivity index (χ4n) is 3.11. The number of guanidine groups is 1. The first-order valence-electron chi connectivity index (χ1n) is 9.00. The number of fused-ring (bicyclic) bond motifs is 1. The maximum absolute atomic E-state index is 6.10. The third-order valence-corrected chi connectivity index (χ3v) is 6.69. The molecule has 26 heavy (non-hydrogen) atoms. The van der Waals surface area contributed by atoms with Crippen LogP contribution in [-0.4, -0.2) is 29.1 Å². The number of hydrogen-bond acceptors (Lipinski definition) is 3. The number of aliphatic imine (C=N–C) groups is 1. The summed E-state index contributed by atoms with van der Waals surface area (Å²) in [5, 5.41) is 9.04. The SMILES string of the molecule is CN=C(NCCCc1nc2c(s1)CCCC2)NCc1cc(Cl)c(Cl)n1C. The first-order chi connectivity index (χ1) is 12.6. The molecule has 2 N–H and O–H groups in total. The molecule has 0 fully saturated rings. The minimum atomic E-state index is 0.553. The van der Waals surface area contributed by atoms with Gasteiger partial charge in [0.25, 0.3) is 0 Å². The smallest absolute Gasteiger partial charge is 0.191 e. The van der Waals surface area contributed by atoms with E-state index in [1.165, 1.54) is 34.8 Å². The summed E-state index contributed by atoms with van der Waals surface area (Å²) in [6, 6.07) is 1.87. The van der Waals surface area contributed by atoms with E-state index in [1.54, 1.807) is 7.05 Å². The van der Waals surface area contributed by atoms with Gasteiger partial charge in [-0.05, 0) is 38.2 Å². The van der Waals surface area contributed by atoms with Crippen LogP contribution < -0.4 is 10.6 Å². The van der Waals surface area contributed by atoms with Crippen LogP contribution in [0.5, 0.6) is 0 Å². The lowest BCUT2D eigenvalue weighted by atomic mass is 10.0. The zero-order valence-corrected chi connectivity index (χ0v) is 17.6. The number of halogens is 2. The van der Waals surface area contributed by atoms with Crippen molar-refractivity contribution >= 4 is 40.5 Å². The highest BCUT2D eigenvalue weighted by atomic mass is 35.5. The highest BCUT2D eigenvalue weighted by molar-refractivity contribution is 7.11. The van der Waals surface area contributed by atoms with Gasteiger partial charge < -0.3 is 15.2 Å². The average Bonchev–Trinajstić information content (AvgIpc) is 3.17. The normalized spacial score (nSPS) is 14.4. The van der Waals surface area contributed by atoms with Gasteiger partial charge in [-0.25, -0.2) is 4.98 Å². The van der Waals surface area contributed by atoms with E-state index >= 15 is 0 Å². The average molecular weight is 414 g/mol. The lowest BCUT2D eigenvalue weighted by Gasteiger charge is -2.12. The largest absolute Gasteiger partial charge is 0.356 e. The van der Waals surface area contributed by atoms with Crippen molar-refractivity contribution in [1.29, 1.82) is 0 Å². The van der Waals surface area contributed by atoms with Gasteiger partial charge in [0.15, 0.2) is 5.96 Å². The lowest BCUT2D eigenvalue weighted by molar-refractivity contribution is 0.678. The summed E-state index contributed by atoms with van der Waals surface area (Å²) >= 11 is 14.0. The van der Waals surface area contributed by atoms with E-state index in [-0.39, 0.29) is 0 Å². The molecule has 5 nitrogen and oxygen atoms in total. The quantitative estimate of drug-likeness (QED) is 0.427. The first-order valence-corrected chi connectivity index (χ1v) is 10.6. The molecule has 2 heterocycles. The summed E-state index contributed by atoms with van der Waals surface area (Å²) in [7, 11) is 3.67. The fourth-order valence-corrected chi connectivity index (χ4v) is 4.73. The fraction of sp³-hybridized carbons (Fsp3) is 0.556. The number of thiazole rings is 1. The Morgan fingerprint density at radius 2 is 2.12 bits per heavy atom. The molecule has 0 aromatic carbocycles. The summed E-state index contributed by atoms with van der Waals surface area (Å²) in [5.74, 6) is 0.775. The zero-order valence-electron chi connectivity index (χ0n) is 15.2. The molecule has 1 aliphatic carbocycles. The zero-order chi connectivity index (χ0) is 18.5. The van der Waals surface area contributed by atoms with Crippen molar-refractivity contribution < 1.29 is 0 Å². The van der Waals surface area contributed by atoms with Gasteiger partial charge in [0.05, 0.1) is 22.3 Å². The van der Waals surface area contributed by atoms with Gasteiger partial charge >= 0.3 is 0 Å². The first kappa shape index (κ1) is 19.5. The highest BCUT2D eigenvalue weighted by Gasteiger charge is 2.14. The molecule has 8 heteroatoms. The third kappa shape index (κ3) is 4.72. The second-order valence-electron chi connectivity index (χ2n) is 6.47. The maximum Gasteiger partial charge on any atom is 0.191 e. The van der Waals surface area contributed by atoms with Crippen molar-refractivity contribution in [2.24, 2.45) is 12.0 Å². The molecule has 0 unspecified atom stereocenters. The molecule has 2 aromatic rings. The minimum absolute atomic E-state index is 0.553. The Hall–Kier alpha value is -1.24. The Labute approximate surface area is 168 Å². The van der Waals surface area contributed by atoms with Gasteiger partial charge in [-0.15, -0.1) is 11.3 Å². The standard InChI is InChI=1S/C18H25Cl2N5S/c1-21-18(23-11-12-10-13(19)17(20)25(12)2)22-9-5-8-16-24-14-6-3-4-7-15(14)26-16/h10H,3-9,11H2,1-2H3,(H2,21,22,23). The molecule has 0 amide bonds. The third-order valence-electron chi connectivity index (χ3n) is 4.63. The van der Waals surface area contributed by atoms with E-state index in [0.29, 0.717) is 16.7 Å². The Bertz CT molecular complexity index is 757. The topological polar surface area (TPSA) is 54.2 Å². The van der Waals surface area contributed by atoms with Crippen molar-refractivity contribution in [2.45, 2.75) is 45.1 Å². The van der Waals surface area contributed by atoms with E-state index in [1.807, 2.05) is 29.0 Å². The van der Waals surface area contributed by atoms with Gasteiger partial charge in [-0.3, -0.25) is 4.99 Å². The molecule has 0 radical (unpaired) electrons. The lowest BCUT2D eigenvalue weighted by Crippen LogP contribution is -2.37. The molecular weight excluding hydrogens is 389 g/mol. The van der Waals surface area contributed by atoms with E-state index in [2.05, 4.69) is 15.6 Å². The van der Waals surface area contributed by atoms with Crippen LogP contribution in [0.4, 0.5) is 0 Å². The van der Waals surface area contributed by atoms with Crippen LogP contribution in [0.2, 0.25) is 10.2 Å². The van der Waals surface area contributed by atoms with Crippen LogP contribution in [0.25, 0.3) is 0 Å². The van der Waals surface area contributed by atoms with E-state index in [4.69, 9.17) is 28.2 Å². The van der Waals surface area contributed by atoms with Gasteiger partial charge in [0.2, 0.25) is 0 Å². The van der Waals surface area contributed by atoms with E-state index in [0.717, 1.165) is 37.5 Å². The molecule has 1 aliphatic rings. The number of aryl methyl sites for hydroxylation is 3.